The second-order valence-electron chi connectivity index (χ2n) is 4.26. The van der Waals surface area contributed by atoms with Crippen LogP contribution in [0.4, 0.5) is 5.69 Å². The molecule has 1 atom stereocenters. The summed E-state index contributed by atoms with van der Waals surface area (Å²) in [7, 11) is 0. The summed E-state index contributed by atoms with van der Waals surface area (Å²) in [5.74, 6) is 0.210. The number of hydrogen-bond acceptors (Lipinski definition) is 2. The van der Waals surface area contributed by atoms with Gasteiger partial charge in [0.05, 0.1) is 0 Å². The summed E-state index contributed by atoms with van der Waals surface area (Å²) in [5.41, 5.74) is 1.00. The smallest absolute Gasteiger partial charge is 0.244 e. The standard InChI is InChI=1S/C13H18N2O/c1-11(13(16)15-9-5-6-10-15)14-12-7-3-2-4-8-12/h2-4,7-8,11,14H,5-6,9-10H2,1H3/t11-/m0/s1. The van der Waals surface area contributed by atoms with Crippen molar-refractivity contribution in [2.75, 3.05) is 18.4 Å². The number of likely N-dealkylation sites (tertiary alicyclic amines) is 1. The Labute approximate surface area is 96.5 Å². The van der Waals surface area contributed by atoms with E-state index in [1.54, 1.807) is 0 Å². The first kappa shape index (κ1) is 11.0. The normalized spacial score (nSPS) is 17.2. The summed E-state index contributed by atoms with van der Waals surface area (Å²) in [4.78, 5) is 14.0. The van der Waals surface area contributed by atoms with Gasteiger partial charge in [-0.25, -0.2) is 0 Å². The zero-order chi connectivity index (χ0) is 11.4. The van der Waals surface area contributed by atoms with Gasteiger partial charge >= 0.3 is 0 Å². The van der Waals surface area contributed by atoms with Gasteiger partial charge in [0.15, 0.2) is 0 Å². The number of rotatable bonds is 3. The van der Waals surface area contributed by atoms with Crippen molar-refractivity contribution < 1.29 is 4.79 Å². The van der Waals surface area contributed by atoms with E-state index in [1.807, 2.05) is 42.2 Å². The lowest BCUT2D eigenvalue weighted by Crippen LogP contribution is -2.39. The highest BCUT2D eigenvalue weighted by atomic mass is 16.2. The van der Waals surface area contributed by atoms with Crippen LogP contribution in [0.2, 0.25) is 0 Å². The van der Waals surface area contributed by atoms with Gasteiger partial charge in [0.1, 0.15) is 6.04 Å². The fraction of sp³-hybridized carbons (Fsp3) is 0.462. The number of amides is 1. The Balaban J connectivity index is 1.92. The molecule has 1 saturated heterocycles. The lowest BCUT2D eigenvalue weighted by molar-refractivity contribution is -0.130. The van der Waals surface area contributed by atoms with Crippen molar-refractivity contribution in [3.05, 3.63) is 30.3 Å². The lowest BCUT2D eigenvalue weighted by Gasteiger charge is -2.21. The predicted octanol–water partition coefficient (Wildman–Crippen LogP) is 2.11. The molecule has 1 N–H and O–H groups in total. The SMILES string of the molecule is C[C@H](Nc1ccccc1)C(=O)N1CCCC1. The molecular weight excluding hydrogens is 200 g/mol. The molecule has 0 spiro atoms. The van der Waals surface area contributed by atoms with Crippen molar-refractivity contribution in [2.45, 2.75) is 25.8 Å². The summed E-state index contributed by atoms with van der Waals surface area (Å²) in [6.07, 6.45) is 2.29. The predicted molar refractivity (Wildman–Crippen MR) is 65.3 cm³/mol. The first-order valence-electron chi connectivity index (χ1n) is 5.88. The molecule has 0 bridgehead atoms. The molecule has 0 radical (unpaired) electrons. The molecule has 16 heavy (non-hydrogen) atoms. The van der Waals surface area contributed by atoms with E-state index in [0.29, 0.717) is 0 Å². The lowest BCUT2D eigenvalue weighted by atomic mass is 10.2. The largest absolute Gasteiger partial charge is 0.374 e. The van der Waals surface area contributed by atoms with Gasteiger partial charge in [-0.05, 0) is 31.9 Å². The quantitative estimate of drug-likeness (QED) is 0.842. The van der Waals surface area contributed by atoms with E-state index in [9.17, 15) is 4.79 Å². The van der Waals surface area contributed by atoms with Crippen molar-refractivity contribution in [3.8, 4) is 0 Å². The fourth-order valence-electron chi connectivity index (χ4n) is 2.06. The first-order chi connectivity index (χ1) is 7.77. The summed E-state index contributed by atoms with van der Waals surface area (Å²) >= 11 is 0. The van der Waals surface area contributed by atoms with Gasteiger partial charge in [0.2, 0.25) is 5.91 Å². The third-order valence-corrected chi connectivity index (χ3v) is 2.95. The highest BCUT2D eigenvalue weighted by molar-refractivity contribution is 5.84. The minimum absolute atomic E-state index is 0.138. The molecule has 0 unspecified atom stereocenters. The van der Waals surface area contributed by atoms with Gasteiger partial charge < -0.3 is 10.2 Å². The molecule has 1 amide bonds. The van der Waals surface area contributed by atoms with E-state index in [0.717, 1.165) is 31.6 Å². The Kier molecular flexibility index (Phi) is 3.44. The molecule has 86 valence electrons. The molecule has 3 heteroatoms. The topological polar surface area (TPSA) is 32.3 Å². The zero-order valence-corrected chi connectivity index (χ0v) is 9.65. The number of nitrogens with one attached hydrogen (secondary N) is 1. The summed E-state index contributed by atoms with van der Waals surface area (Å²) in [6.45, 7) is 3.76. The third kappa shape index (κ3) is 2.54. The van der Waals surface area contributed by atoms with Crippen LogP contribution < -0.4 is 5.32 Å². The number of carbonyl (C=O) groups excluding carboxylic acids is 1. The van der Waals surface area contributed by atoms with Gasteiger partial charge in [-0.1, -0.05) is 18.2 Å². The molecule has 1 fully saturated rings. The highest BCUT2D eigenvalue weighted by Gasteiger charge is 2.22. The van der Waals surface area contributed by atoms with Crippen LogP contribution in [0.25, 0.3) is 0 Å². The molecule has 3 nitrogen and oxygen atoms in total. The average molecular weight is 218 g/mol. The van der Waals surface area contributed by atoms with Crippen molar-refractivity contribution in [3.63, 3.8) is 0 Å². The van der Waals surface area contributed by atoms with E-state index < -0.39 is 0 Å². The third-order valence-electron chi connectivity index (χ3n) is 2.95. The fourth-order valence-corrected chi connectivity index (χ4v) is 2.06. The number of anilines is 1. The Bertz CT molecular complexity index is 344. The van der Waals surface area contributed by atoms with Crippen LogP contribution >= 0.6 is 0 Å². The molecule has 1 heterocycles. The monoisotopic (exact) mass is 218 g/mol. The molecule has 2 rings (SSSR count). The summed E-state index contributed by atoms with van der Waals surface area (Å²) < 4.78 is 0. The number of hydrogen-bond donors (Lipinski definition) is 1. The Morgan fingerprint density at radius 1 is 1.25 bits per heavy atom. The van der Waals surface area contributed by atoms with Crippen molar-refractivity contribution in [1.29, 1.82) is 0 Å². The Hall–Kier alpha value is -1.51. The van der Waals surface area contributed by atoms with Crippen LogP contribution in [0, 0.1) is 0 Å². The Morgan fingerprint density at radius 2 is 1.88 bits per heavy atom. The molecule has 1 aromatic rings. The second-order valence-corrected chi connectivity index (χ2v) is 4.26. The highest BCUT2D eigenvalue weighted by Crippen LogP contribution is 2.12. The van der Waals surface area contributed by atoms with E-state index in [-0.39, 0.29) is 11.9 Å². The number of para-hydroxylation sites is 1. The van der Waals surface area contributed by atoms with Gasteiger partial charge in [0.25, 0.3) is 0 Å². The maximum Gasteiger partial charge on any atom is 0.244 e. The molecule has 1 aromatic carbocycles. The van der Waals surface area contributed by atoms with Crippen molar-refractivity contribution in [1.82, 2.24) is 4.90 Å². The minimum Gasteiger partial charge on any atom is -0.374 e. The first-order valence-corrected chi connectivity index (χ1v) is 5.88. The minimum atomic E-state index is -0.138. The van der Waals surface area contributed by atoms with Crippen LogP contribution in [0.3, 0.4) is 0 Å². The number of benzene rings is 1. The van der Waals surface area contributed by atoms with E-state index in [1.165, 1.54) is 0 Å². The number of nitrogens with zero attached hydrogens (tertiary/aromatic N) is 1. The van der Waals surface area contributed by atoms with Crippen molar-refractivity contribution in [2.24, 2.45) is 0 Å². The second kappa shape index (κ2) is 5.01. The van der Waals surface area contributed by atoms with Crippen LogP contribution in [0.5, 0.6) is 0 Å². The number of carbonyl (C=O) groups is 1. The zero-order valence-electron chi connectivity index (χ0n) is 9.65. The maximum atomic E-state index is 12.0. The van der Waals surface area contributed by atoms with Crippen LogP contribution in [-0.4, -0.2) is 29.9 Å². The average Bonchev–Trinajstić information content (AvgIpc) is 2.83. The maximum absolute atomic E-state index is 12.0. The van der Waals surface area contributed by atoms with Crippen LogP contribution in [-0.2, 0) is 4.79 Å². The molecule has 0 aromatic heterocycles. The van der Waals surface area contributed by atoms with E-state index in [4.69, 9.17) is 0 Å². The Morgan fingerprint density at radius 3 is 2.50 bits per heavy atom. The van der Waals surface area contributed by atoms with E-state index in [2.05, 4.69) is 5.32 Å². The molecule has 1 aliphatic heterocycles. The molecule has 1 aliphatic rings. The molecule has 0 aliphatic carbocycles. The van der Waals surface area contributed by atoms with Crippen LogP contribution in [0.1, 0.15) is 19.8 Å². The summed E-state index contributed by atoms with van der Waals surface area (Å²) in [6, 6.07) is 9.73. The summed E-state index contributed by atoms with van der Waals surface area (Å²) in [5, 5.41) is 3.23. The molecular formula is C13H18N2O. The van der Waals surface area contributed by atoms with Gasteiger partial charge in [0, 0.05) is 18.8 Å². The molecule has 0 saturated carbocycles. The van der Waals surface area contributed by atoms with Crippen molar-refractivity contribution >= 4 is 11.6 Å². The van der Waals surface area contributed by atoms with Crippen LogP contribution in [0.15, 0.2) is 30.3 Å². The van der Waals surface area contributed by atoms with Gasteiger partial charge in [-0.3, -0.25) is 4.79 Å². The van der Waals surface area contributed by atoms with Gasteiger partial charge in [-0.2, -0.15) is 0 Å². The van der Waals surface area contributed by atoms with E-state index >= 15 is 0 Å². The van der Waals surface area contributed by atoms with Gasteiger partial charge in [-0.15, -0.1) is 0 Å².